The lowest BCUT2D eigenvalue weighted by atomic mass is 9.62. The number of halogens is 6. The highest BCUT2D eigenvalue weighted by atomic mass is 19.4. The first kappa shape index (κ1) is 34.1. The number of nitrogens with one attached hydrogen (secondary N) is 1. The minimum Gasteiger partial charge on any atom is -0.444 e. The maximum atomic E-state index is 15.0. The van der Waals surface area contributed by atoms with Crippen LogP contribution in [0.15, 0.2) is 53.0 Å². The highest BCUT2D eigenvalue weighted by Gasteiger charge is 2.61. The van der Waals surface area contributed by atoms with Gasteiger partial charge in [-0.15, -0.1) is 10.2 Å². The average molecular weight is 667 g/mol. The predicted molar refractivity (Wildman–Crippen MR) is 155 cm³/mol. The second-order valence-corrected chi connectivity index (χ2v) is 12.6. The van der Waals surface area contributed by atoms with Crippen LogP contribution in [0.5, 0.6) is 0 Å². The van der Waals surface area contributed by atoms with Gasteiger partial charge in [-0.25, -0.2) is 9.78 Å². The Labute approximate surface area is 265 Å². The van der Waals surface area contributed by atoms with E-state index in [0.29, 0.717) is 18.1 Å². The molecule has 15 heteroatoms. The molecule has 1 N–H and O–H groups in total. The fourth-order valence-corrected chi connectivity index (χ4v) is 5.54. The average Bonchev–Trinajstić information content (AvgIpc) is 3.43. The molecule has 1 aliphatic heterocycles. The van der Waals surface area contributed by atoms with Crippen LogP contribution in [-0.2, 0) is 27.9 Å². The number of hydrogen-bond donors (Lipinski definition) is 1. The number of ketones is 1. The van der Waals surface area contributed by atoms with Crippen LogP contribution in [0.1, 0.15) is 86.8 Å². The molecule has 1 atom stereocenters. The van der Waals surface area contributed by atoms with Crippen LogP contribution in [-0.4, -0.2) is 38.8 Å². The van der Waals surface area contributed by atoms with E-state index in [1.165, 1.54) is 32.9 Å². The van der Waals surface area contributed by atoms with Crippen molar-refractivity contribution in [2.24, 2.45) is 5.41 Å². The first-order chi connectivity index (χ1) is 21.9. The van der Waals surface area contributed by atoms with Crippen molar-refractivity contribution in [3.63, 3.8) is 0 Å². The maximum absolute atomic E-state index is 15.0. The lowest BCUT2D eigenvalue weighted by Gasteiger charge is -2.40. The number of aromatic nitrogens is 3. The van der Waals surface area contributed by atoms with Gasteiger partial charge in [-0.2, -0.15) is 26.3 Å². The van der Waals surface area contributed by atoms with Gasteiger partial charge in [0.1, 0.15) is 11.3 Å². The SMILES string of the molecule is CC(C)(C)OC(=O)Nc1cc(C(F)(F)F)c2nc1-c1nnc(o1)[C@@](OCc1ccccc1)(C(F)(F)F)CC=CCCC1(CCC1)C2=O. The molecule has 1 saturated carbocycles. The number of ether oxygens (including phenoxy) is 2. The van der Waals surface area contributed by atoms with E-state index < -0.39 is 88.3 Å². The molecule has 1 aromatic carbocycles. The molecule has 2 aromatic heterocycles. The van der Waals surface area contributed by atoms with Crippen molar-refractivity contribution in [3.8, 4) is 11.6 Å². The molecular formula is C32H32F6N4O5. The highest BCUT2D eigenvalue weighted by Crippen LogP contribution is 2.50. The van der Waals surface area contributed by atoms with Crippen molar-refractivity contribution in [2.45, 2.75) is 89.5 Å². The molecule has 0 saturated heterocycles. The van der Waals surface area contributed by atoms with Crippen molar-refractivity contribution in [1.29, 1.82) is 0 Å². The van der Waals surface area contributed by atoms with Crippen molar-refractivity contribution in [2.75, 3.05) is 5.32 Å². The Morgan fingerprint density at radius 2 is 1.68 bits per heavy atom. The van der Waals surface area contributed by atoms with Crippen LogP contribution in [0.4, 0.5) is 36.8 Å². The summed E-state index contributed by atoms with van der Waals surface area (Å²) < 4.78 is 105. The van der Waals surface area contributed by atoms with E-state index in [9.17, 15) is 22.8 Å². The summed E-state index contributed by atoms with van der Waals surface area (Å²) in [6.07, 6.45) is -8.27. The number of anilines is 1. The molecule has 47 heavy (non-hydrogen) atoms. The molecule has 0 unspecified atom stereocenters. The number of benzene rings is 1. The van der Waals surface area contributed by atoms with Crippen molar-refractivity contribution in [3.05, 3.63) is 71.3 Å². The van der Waals surface area contributed by atoms with Crippen molar-refractivity contribution in [1.82, 2.24) is 15.2 Å². The van der Waals surface area contributed by atoms with E-state index in [1.807, 2.05) is 0 Å². The predicted octanol–water partition coefficient (Wildman–Crippen LogP) is 8.56. The second-order valence-electron chi connectivity index (χ2n) is 12.6. The molecule has 1 amide bonds. The topological polar surface area (TPSA) is 116 Å². The van der Waals surface area contributed by atoms with Gasteiger partial charge in [0.2, 0.25) is 5.60 Å². The maximum Gasteiger partial charge on any atom is 0.426 e. The number of fused-ring (bicyclic) bond motifs is 5. The number of carbonyl (C=O) groups excluding carboxylic acids is 2. The largest absolute Gasteiger partial charge is 0.444 e. The van der Waals surface area contributed by atoms with Crippen molar-refractivity contribution < 1.29 is 49.8 Å². The van der Waals surface area contributed by atoms with E-state index in [1.54, 1.807) is 30.3 Å². The Kier molecular flexibility index (Phi) is 8.99. The third-order valence-electron chi connectivity index (χ3n) is 8.09. The van der Waals surface area contributed by atoms with Crippen LogP contribution in [0.3, 0.4) is 0 Å². The molecule has 4 bridgehead atoms. The Morgan fingerprint density at radius 3 is 2.28 bits per heavy atom. The van der Waals surface area contributed by atoms with Gasteiger partial charge >= 0.3 is 18.4 Å². The fourth-order valence-electron chi connectivity index (χ4n) is 5.54. The summed E-state index contributed by atoms with van der Waals surface area (Å²) in [6, 6.07) is 8.55. The first-order valence-electron chi connectivity index (χ1n) is 14.9. The zero-order valence-corrected chi connectivity index (χ0v) is 25.7. The molecule has 1 spiro atoms. The minimum atomic E-state index is -5.12. The van der Waals surface area contributed by atoms with Crippen LogP contribution in [0.25, 0.3) is 11.6 Å². The van der Waals surface area contributed by atoms with E-state index in [0.717, 1.165) is 0 Å². The standard InChI is InChI=1S/C32H32F6N4O5/c1-28(2,3)47-27(44)39-21-17-20(31(33,34)35)22-24(43)29(14-10-15-29)13-8-5-9-16-30(32(36,37)38,45-18-19-11-6-4-7-12-19)26-42-41-25(46-26)23(21)40-22/h4-7,9,11-12,17H,8,10,13-16,18H2,1-3H3,(H,39,44)/t30-/m1/s1. The normalized spacial score (nSPS) is 20.0. The molecule has 3 aromatic rings. The lowest BCUT2D eigenvalue weighted by molar-refractivity contribution is -0.295. The number of carbonyl (C=O) groups is 2. The molecule has 1 aliphatic carbocycles. The zero-order chi connectivity index (χ0) is 34.3. The van der Waals surface area contributed by atoms with Gasteiger partial charge in [-0.1, -0.05) is 48.9 Å². The second kappa shape index (κ2) is 12.4. The third kappa shape index (κ3) is 7.04. The summed E-state index contributed by atoms with van der Waals surface area (Å²) >= 11 is 0. The molecule has 2 aliphatic rings. The quantitative estimate of drug-likeness (QED) is 0.218. The molecule has 252 valence electrons. The molecule has 9 nitrogen and oxygen atoms in total. The zero-order valence-electron chi connectivity index (χ0n) is 25.7. The smallest absolute Gasteiger partial charge is 0.426 e. The molecule has 0 radical (unpaired) electrons. The summed E-state index contributed by atoms with van der Waals surface area (Å²) in [4.78, 5) is 30.6. The number of Topliss-reactive ketones (excluding diaryl/α,β-unsaturated/α-hetero) is 1. The van der Waals surface area contributed by atoms with Crippen molar-refractivity contribution >= 4 is 17.6 Å². The van der Waals surface area contributed by atoms with Crippen LogP contribution in [0, 0.1) is 5.41 Å². The number of rotatable bonds is 4. The number of hydrogen-bond acceptors (Lipinski definition) is 8. The van der Waals surface area contributed by atoms with Gasteiger partial charge in [0.25, 0.3) is 11.8 Å². The van der Waals surface area contributed by atoms with E-state index in [4.69, 9.17) is 13.9 Å². The van der Waals surface area contributed by atoms with Gasteiger partial charge in [-0.3, -0.25) is 10.1 Å². The minimum absolute atomic E-state index is 0.0802. The van der Waals surface area contributed by atoms with Crippen LogP contribution >= 0.6 is 0 Å². The van der Waals surface area contributed by atoms with E-state index >= 15 is 13.2 Å². The summed E-state index contributed by atoms with van der Waals surface area (Å²) in [6.45, 7) is 4.04. The van der Waals surface area contributed by atoms with E-state index in [2.05, 4.69) is 20.5 Å². The molecule has 3 heterocycles. The van der Waals surface area contributed by atoms with Crippen LogP contribution in [0.2, 0.25) is 0 Å². The molecule has 1 fully saturated rings. The molecular weight excluding hydrogens is 634 g/mol. The number of amides is 1. The Bertz CT molecular complexity index is 1660. The van der Waals surface area contributed by atoms with Gasteiger partial charge in [-0.05, 0) is 58.1 Å². The fraction of sp³-hybridized carbons (Fsp3) is 0.469. The van der Waals surface area contributed by atoms with Gasteiger partial charge in [0, 0.05) is 11.8 Å². The first-order valence-corrected chi connectivity index (χ1v) is 14.9. The molecule has 5 rings (SSSR count). The third-order valence-corrected chi connectivity index (χ3v) is 8.09. The van der Waals surface area contributed by atoms with Gasteiger partial charge < -0.3 is 13.9 Å². The number of alkyl halides is 6. The number of allylic oxidation sites excluding steroid dienone is 1. The Hall–Kier alpha value is -4.27. The summed E-state index contributed by atoms with van der Waals surface area (Å²) in [5.74, 6) is -2.71. The van der Waals surface area contributed by atoms with E-state index in [-0.39, 0.29) is 25.7 Å². The Morgan fingerprint density at radius 1 is 0.979 bits per heavy atom. The lowest BCUT2D eigenvalue weighted by Crippen LogP contribution is -2.45. The summed E-state index contributed by atoms with van der Waals surface area (Å²) in [5, 5.41) is 9.50. The Balaban J connectivity index is 1.72. The monoisotopic (exact) mass is 666 g/mol. The summed E-state index contributed by atoms with van der Waals surface area (Å²) in [5.41, 5.74) is -8.77. The number of nitrogens with zero attached hydrogens (tertiary/aromatic N) is 3. The highest BCUT2D eigenvalue weighted by molar-refractivity contribution is 6.02. The van der Waals surface area contributed by atoms with Gasteiger partial charge in [0.05, 0.1) is 17.9 Å². The number of pyridine rings is 1. The van der Waals surface area contributed by atoms with Crippen LogP contribution < -0.4 is 5.32 Å². The summed E-state index contributed by atoms with van der Waals surface area (Å²) in [7, 11) is 0. The van der Waals surface area contributed by atoms with Gasteiger partial charge in [0.15, 0.2) is 11.5 Å².